The lowest BCUT2D eigenvalue weighted by Crippen LogP contribution is -2.37. The molecule has 0 radical (unpaired) electrons. The molecule has 1 fully saturated rings. The van der Waals surface area contributed by atoms with Gasteiger partial charge in [-0.05, 0) is 5.92 Å². The fourth-order valence-electron chi connectivity index (χ4n) is 2.42. The number of esters is 1. The Kier molecular flexibility index (Phi) is 4.75. The van der Waals surface area contributed by atoms with E-state index in [2.05, 4.69) is 23.6 Å². The van der Waals surface area contributed by atoms with E-state index in [1.165, 1.54) is 7.11 Å². The molecular formula is C14H21FN2O2S. The first-order valence-electron chi connectivity index (χ1n) is 6.86. The average molecular weight is 300 g/mol. The molecule has 1 saturated heterocycles. The van der Waals surface area contributed by atoms with Gasteiger partial charge >= 0.3 is 5.97 Å². The van der Waals surface area contributed by atoms with Crippen molar-refractivity contribution in [2.75, 3.05) is 20.2 Å². The summed E-state index contributed by atoms with van der Waals surface area (Å²) in [4.78, 5) is 18.9. The van der Waals surface area contributed by atoms with Gasteiger partial charge in [-0.1, -0.05) is 13.8 Å². The Morgan fingerprint density at radius 3 is 3.05 bits per heavy atom. The number of hydrogen-bond donors (Lipinski definition) is 0. The van der Waals surface area contributed by atoms with Gasteiger partial charge in [-0.15, -0.1) is 11.3 Å². The molecule has 0 aliphatic carbocycles. The van der Waals surface area contributed by atoms with Gasteiger partial charge in [-0.3, -0.25) is 4.90 Å². The Morgan fingerprint density at radius 1 is 1.65 bits per heavy atom. The number of thiazole rings is 1. The van der Waals surface area contributed by atoms with Crippen LogP contribution in [0.5, 0.6) is 0 Å². The second kappa shape index (κ2) is 6.18. The van der Waals surface area contributed by atoms with E-state index in [4.69, 9.17) is 0 Å². The van der Waals surface area contributed by atoms with E-state index >= 15 is 0 Å². The van der Waals surface area contributed by atoms with Crippen molar-refractivity contribution in [3.63, 3.8) is 0 Å². The maximum absolute atomic E-state index is 14.3. The zero-order valence-electron chi connectivity index (χ0n) is 12.2. The van der Waals surface area contributed by atoms with Crippen molar-refractivity contribution in [1.82, 2.24) is 9.88 Å². The largest absolute Gasteiger partial charge is 0.467 e. The quantitative estimate of drug-likeness (QED) is 0.783. The standard InChI is InChI=1S/C14H21FN2O2S/c1-10(2)6-12-16-7-11(20-12)8-17-5-4-14(15,9-17)13(18)19-3/h7,10H,4-6,8-9H2,1-3H3. The van der Waals surface area contributed by atoms with Gasteiger partial charge in [0.25, 0.3) is 0 Å². The van der Waals surface area contributed by atoms with Crippen LogP contribution in [0.3, 0.4) is 0 Å². The molecule has 20 heavy (non-hydrogen) atoms. The van der Waals surface area contributed by atoms with Gasteiger partial charge in [0, 0.05) is 43.5 Å². The summed E-state index contributed by atoms with van der Waals surface area (Å²) in [5.41, 5.74) is -1.85. The minimum absolute atomic E-state index is 0.108. The van der Waals surface area contributed by atoms with Crippen molar-refractivity contribution in [1.29, 1.82) is 0 Å². The number of alkyl halides is 1. The third kappa shape index (κ3) is 3.55. The number of nitrogens with zero attached hydrogens (tertiary/aromatic N) is 2. The van der Waals surface area contributed by atoms with Gasteiger partial charge in [0.2, 0.25) is 5.67 Å². The van der Waals surface area contributed by atoms with Crippen LogP contribution in [0.15, 0.2) is 6.20 Å². The van der Waals surface area contributed by atoms with Crippen LogP contribution in [0, 0.1) is 5.92 Å². The van der Waals surface area contributed by atoms with E-state index in [0.29, 0.717) is 19.0 Å². The summed E-state index contributed by atoms with van der Waals surface area (Å²) in [6.45, 7) is 5.66. The molecular weight excluding hydrogens is 279 g/mol. The molecule has 0 aromatic carbocycles. The zero-order valence-corrected chi connectivity index (χ0v) is 13.0. The number of aromatic nitrogens is 1. The molecule has 0 spiro atoms. The van der Waals surface area contributed by atoms with Gasteiger partial charge < -0.3 is 4.74 Å². The van der Waals surface area contributed by atoms with E-state index in [9.17, 15) is 9.18 Å². The molecule has 2 rings (SSSR count). The molecule has 4 nitrogen and oxygen atoms in total. The fourth-order valence-corrected chi connectivity index (χ4v) is 3.59. The third-order valence-electron chi connectivity index (χ3n) is 3.41. The summed E-state index contributed by atoms with van der Waals surface area (Å²) in [6.07, 6.45) is 3.04. The summed E-state index contributed by atoms with van der Waals surface area (Å²) in [6, 6.07) is 0. The Labute approximate surface area is 123 Å². The Morgan fingerprint density at radius 2 is 2.40 bits per heavy atom. The van der Waals surface area contributed by atoms with Gasteiger partial charge in [-0.25, -0.2) is 14.2 Å². The van der Waals surface area contributed by atoms with Crippen molar-refractivity contribution in [2.24, 2.45) is 5.92 Å². The lowest BCUT2D eigenvalue weighted by atomic mass is 10.1. The minimum atomic E-state index is -1.85. The summed E-state index contributed by atoms with van der Waals surface area (Å²) < 4.78 is 18.8. The van der Waals surface area contributed by atoms with Crippen molar-refractivity contribution in [2.45, 2.75) is 38.9 Å². The molecule has 6 heteroatoms. The summed E-state index contributed by atoms with van der Waals surface area (Å²) in [7, 11) is 1.23. The fraction of sp³-hybridized carbons (Fsp3) is 0.714. The van der Waals surface area contributed by atoms with Crippen molar-refractivity contribution < 1.29 is 13.9 Å². The second-order valence-corrected chi connectivity index (χ2v) is 6.94. The first-order valence-corrected chi connectivity index (χ1v) is 7.68. The molecule has 1 aromatic rings. The van der Waals surface area contributed by atoms with Gasteiger partial charge in [0.1, 0.15) is 0 Å². The molecule has 1 unspecified atom stereocenters. The molecule has 0 N–H and O–H groups in total. The molecule has 112 valence electrons. The van der Waals surface area contributed by atoms with Gasteiger partial charge in [0.05, 0.1) is 12.1 Å². The van der Waals surface area contributed by atoms with Crippen LogP contribution >= 0.6 is 11.3 Å². The van der Waals surface area contributed by atoms with Crippen LogP contribution < -0.4 is 0 Å². The van der Waals surface area contributed by atoms with Crippen molar-refractivity contribution in [3.05, 3.63) is 16.1 Å². The monoisotopic (exact) mass is 300 g/mol. The van der Waals surface area contributed by atoms with Crippen molar-refractivity contribution in [3.8, 4) is 0 Å². The maximum atomic E-state index is 14.3. The van der Waals surface area contributed by atoms with Crippen LogP contribution in [0.25, 0.3) is 0 Å². The molecule has 0 amide bonds. The molecule has 1 aromatic heterocycles. The van der Waals surface area contributed by atoms with Gasteiger partial charge in [-0.2, -0.15) is 0 Å². The van der Waals surface area contributed by atoms with E-state index in [1.54, 1.807) is 11.3 Å². The van der Waals surface area contributed by atoms with Gasteiger partial charge in [0.15, 0.2) is 0 Å². The summed E-state index contributed by atoms with van der Waals surface area (Å²) in [5.74, 6) is -0.177. The first kappa shape index (κ1) is 15.4. The van der Waals surface area contributed by atoms with E-state index in [0.717, 1.165) is 16.3 Å². The Balaban J connectivity index is 1.92. The molecule has 1 aliphatic rings. The normalized spacial score (nSPS) is 23.4. The number of halogens is 1. The third-order valence-corrected chi connectivity index (χ3v) is 4.42. The first-order chi connectivity index (χ1) is 9.43. The van der Waals surface area contributed by atoms with Crippen LogP contribution in [0.2, 0.25) is 0 Å². The average Bonchev–Trinajstić information content (AvgIpc) is 2.96. The zero-order chi connectivity index (χ0) is 14.8. The van der Waals surface area contributed by atoms with Crippen LogP contribution in [-0.4, -0.2) is 41.7 Å². The Bertz CT molecular complexity index is 477. The van der Waals surface area contributed by atoms with Crippen LogP contribution in [0.1, 0.15) is 30.2 Å². The molecule has 1 aliphatic heterocycles. The topological polar surface area (TPSA) is 42.4 Å². The molecule has 1 atom stereocenters. The smallest absolute Gasteiger partial charge is 0.345 e. The number of carbonyl (C=O) groups excluding carboxylic acids is 1. The van der Waals surface area contributed by atoms with E-state index < -0.39 is 11.6 Å². The number of ether oxygens (including phenoxy) is 1. The molecule has 0 bridgehead atoms. The number of likely N-dealkylation sites (tertiary alicyclic amines) is 1. The Hall–Kier alpha value is -1.01. The lowest BCUT2D eigenvalue weighted by molar-refractivity contribution is -0.153. The van der Waals surface area contributed by atoms with Crippen molar-refractivity contribution >= 4 is 17.3 Å². The highest BCUT2D eigenvalue weighted by molar-refractivity contribution is 7.11. The summed E-state index contributed by atoms with van der Waals surface area (Å²) >= 11 is 1.67. The van der Waals surface area contributed by atoms with E-state index in [1.807, 2.05) is 11.1 Å². The molecule has 0 saturated carbocycles. The number of methoxy groups -OCH3 is 1. The summed E-state index contributed by atoms with van der Waals surface area (Å²) in [5, 5.41) is 1.12. The second-order valence-electron chi connectivity index (χ2n) is 5.74. The highest BCUT2D eigenvalue weighted by Crippen LogP contribution is 2.29. The highest BCUT2D eigenvalue weighted by atomic mass is 32.1. The number of hydrogen-bond acceptors (Lipinski definition) is 5. The SMILES string of the molecule is COC(=O)C1(F)CCN(Cc2cnc(CC(C)C)s2)C1. The minimum Gasteiger partial charge on any atom is -0.467 e. The maximum Gasteiger partial charge on any atom is 0.345 e. The predicted octanol–water partition coefficient (Wildman–Crippen LogP) is 2.43. The molecule has 2 heterocycles. The number of carbonyl (C=O) groups is 1. The van der Waals surface area contributed by atoms with Crippen LogP contribution in [0.4, 0.5) is 4.39 Å². The predicted molar refractivity (Wildman–Crippen MR) is 76.4 cm³/mol. The van der Waals surface area contributed by atoms with E-state index in [-0.39, 0.29) is 13.0 Å². The highest BCUT2D eigenvalue weighted by Gasteiger charge is 2.46. The van der Waals surface area contributed by atoms with Crippen LogP contribution in [-0.2, 0) is 22.5 Å². The lowest BCUT2D eigenvalue weighted by Gasteiger charge is -2.17. The number of rotatable bonds is 5.